The van der Waals surface area contributed by atoms with Gasteiger partial charge < -0.3 is 9.47 Å². The highest BCUT2D eigenvalue weighted by Crippen LogP contribution is 2.34. The molecule has 2 aromatic rings. The first-order valence-corrected chi connectivity index (χ1v) is 9.58. The van der Waals surface area contributed by atoms with Gasteiger partial charge in [-0.15, -0.1) is 0 Å². The molecule has 0 aliphatic carbocycles. The standard InChI is InChI=1S/C22H26N2O3/c1-15-8-18(11-23-22(15)26-2)21(25)17-9-19-13-27-14-20(10-17)24(19)12-16-6-4-3-5-7-16/h3-8,11,17,19-20H,9-10,12-14H2,1-2H3. The van der Waals surface area contributed by atoms with Crippen molar-refractivity contribution >= 4 is 5.78 Å². The Kier molecular flexibility index (Phi) is 5.23. The number of aromatic nitrogens is 1. The molecule has 0 N–H and O–H groups in total. The SMILES string of the molecule is COc1ncc(C(=O)C2CC3COCC(C2)N3Cc2ccccc2)cc1C. The van der Waals surface area contributed by atoms with E-state index in [4.69, 9.17) is 9.47 Å². The largest absolute Gasteiger partial charge is 0.481 e. The summed E-state index contributed by atoms with van der Waals surface area (Å²) in [5.41, 5.74) is 2.90. The molecule has 27 heavy (non-hydrogen) atoms. The first-order chi connectivity index (χ1) is 13.2. The third-order valence-electron chi connectivity index (χ3n) is 5.76. The number of pyridine rings is 1. The number of morpholine rings is 1. The third-order valence-corrected chi connectivity index (χ3v) is 5.76. The van der Waals surface area contributed by atoms with E-state index in [1.807, 2.05) is 19.1 Å². The maximum absolute atomic E-state index is 13.1. The molecule has 5 heteroatoms. The van der Waals surface area contributed by atoms with Gasteiger partial charge in [0.25, 0.3) is 0 Å². The molecule has 1 aromatic heterocycles. The fraction of sp³-hybridized carbons (Fsp3) is 0.455. The summed E-state index contributed by atoms with van der Waals surface area (Å²) in [6.07, 6.45) is 3.33. The molecule has 0 amide bonds. The summed E-state index contributed by atoms with van der Waals surface area (Å²) in [5.74, 6) is 0.810. The number of carbonyl (C=O) groups excluding carboxylic acids is 1. The molecular weight excluding hydrogens is 340 g/mol. The van der Waals surface area contributed by atoms with Crippen LogP contribution < -0.4 is 4.74 Å². The molecular formula is C22H26N2O3. The van der Waals surface area contributed by atoms with Crippen LogP contribution in [0, 0.1) is 12.8 Å². The van der Waals surface area contributed by atoms with Gasteiger partial charge in [-0.1, -0.05) is 30.3 Å². The average molecular weight is 366 g/mol. The van der Waals surface area contributed by atoms with Crippen LogP contribution in [-0.2, 0) is 11.3 Å². The highest BCUT2D eigenvalue weighted by Gasteiger charge is 2.41. The zero-order valence-corrected chi connectivity index (χ0v) is 15.9. The third kappa shape index (κ3) is 3.75. The topological polar surface area (TPSA) is 51.7 Å². The van der Waals surface area contributed by atoms with Crippen molar-refractivity contribution in [2.45, 2.75) is 38.4 Å². The minimum Gasteiger partial charge on any atom is -0.481 e. The molecule has 2 aliphatic rings. The van der Waals surface area contributed by atoms with Gasteiger partial charge in [0.1, 0.15) is 0 Å². The van der Waals surface area contributed by atoms with Crippen molar-refractivity contribution in [2.24, 2.45) is 5.92 Å². The molecule has 0 radical (unpaired) electrons. The Morgan fingerprint density at radius 3 is 2.56 bits per heavy atom. The van der Waals surface area contributed by atoms with Crippen LogP contribution in [0.1, 0.15) is 34.3 Å². The second kappa shape index (κ2) is 7.79. The van der Waals surface area contributed by atoms with E-state index in [1.165, 1.54) is 5.56 Å². The number of fused-ring (bicyclic) bond motifs is 2. The summed E-state index contributed by atoms with van der Waals surface area (Å²) >= 11 is 0. The fourth-order valence-electron chi connectivity index (χ4n) is 4.40. The van der Waals surface area contributed by atoms with Crippen molar-refractivity contribution in [1.29, 1.82) is 0 Å². The van der Waals surface area contributed by atoms with E-state index < -0.39 is 0 Å². The van der Waals surface area contributed by atoms with E-state index in [0.717, 1.165) is 24.9 Å². The Morgan fingerprint density at radius 1 is 1.22 bits per heavy atom. The number of rotatable bonds is 5. The fourth-order valence-corrected chi connectivity index (χ4v) is 4.40. The number of hydrogen-bond acceptors (Lipinski definition) is 5. The van der Waals surface area contributed by atoms with Crippen LogP contribution >= 0.6 is 0 Å². The number of nitrogens with zero attached hydrogens (tertiary/aromatic N) is 2. The summed E-state index contributed by atoms with van der Waals surface area (Å²) in [7, 11) is 1.60. The number of ketones is 1. The van der Waals surface area contributed by atoms with Crippen molar-refractivity contribution < 1.29 is 14.3 Å². The normalized spacial score (nSPS) is 25.2. The number of piperidine rings is 1. The number of ether oxygens (including phenoxy) is 2. The van der Waals surface area contributed by atoms with Crippen LogP contribution in [-0.4, -0.2) is 48.1 Å². The Bertz CT molecular complexity index is 794. The molecule has 142 valence electrons. The number of aryl methyl sites for hydroxylation is 1. The van der Waals surface area contributed by atoms with Crippen molar-refractivity contribution in [3.8, 4) is 5.88 Å². The van der Waals surface area contributed by atoms with E-state index in [0.29, 0.717) is 36.7 Å². The molecule has 2 unspecified atom stereocenters. The lowest BCUT2D eigenvalue weighted by Gasteiger charge is -2.48. The van der Waals surface area contributed by atoms with Crippen LogP contribution in [0.15, 0.2) is 42.6 Å². The van der Waals surface area contributed by atoms with Gasteiger partial charge in [0.05, 0.1) is 20.3 Å². The van der Waals surface area contributed by atoms with E-state index in [-0.39, 0.29) is 11.7 Å². The molecule has 2 bridgehead atoms. The van der Waals surface area contributed by atoms with Crippen molar-refractivity contribution in [2.75, 3.05) is 20.3 Å². The summed E-state index contributed by atoms with van der Waals surface area (Å²) in [5, 5.41) is 0. The maximum Gasteiger partial charge on any atom is 0.215 e. The van der Waals surface area contributed by atoms with E-state index >= 15 is 0 Å². The smallest absolute Gasteiger partial charge is 0.215 e. The highest BCUT2D eigenvalue weighted by atomic mass is 16.5. The predicted octanol–water partition coefficient (Wildman–Crippen LogP) is 3.26. The first-order valence-electron chi connectivity index (χ1n) is 9.58. The Hall–Kier alpha value is -2.24. The van der Waals surface area contributed by atoms with Crippen LogP contribution in [0.4, 0.5) is 0 Å². The summed E-state index contributed by atoms with van der Waals surface area (Å²) in [6, 6.07) is 13.0. The molecule has 1 aromatic carbocycles. The van der Waals surface area contributed by atoms with Gasteiger partial charge in [-0.05, 0) is 31.4 Å². The zero-order valence-electron chi connectivity index (χ0n) is 15.9. The van der Waals surface area contributed by atoms with Gasteiger partial charge in [-0.2, -0.15) is 0 Å². The number of benzene rings is 1. The summed E-state index contributed by atoms with van der Waals surface area (Å²) < 4.78 is 11.0. The Morgan fingerprint density at radius 2 is 1.93 bits per heavy atom. The maximum atomic E-state index is 13.1. The van der Waals surface area contributed by atoms with E-state index in [1.54, 1.807) is 13.3 Å². The quantitative estimate of drug-likeness (QED) is 0.760. The molecule has 2 aliphatic heterocycles. The Balaban J connectivity index is 1.49. The Labute approximate surface area is 160 Å². The van der Waals surface area contributed by atoms with Crippen molar-refractivity contribution in [1.82, 2.24) is 9.88 Å². The minimum absolute atomic E-state index is 0.0329. The predicted molar refractivity (Wildman–Crippen MR) is 103 cm³/mol. The molecule has 4 rings (SSSR count). The molecule has 5 nitrogen and oxygen atoms in total. The first kappa shape index (κ1) is 18.1. The molecule has 2 saturated heterocycles. The molecule has 0 spiro atoms. The number of hydrogen-bond donors (Lipinski definition) is 0. The lowest BCUT2D eigenvalue weighted by molar-refractivity contribution is -0.0872. The van der Waals surface area contributed by atoms with Gasteiger partial charge >= 0.3 is 0 Å². The molecule has 2 atom stereocenters. The molecule has 3 heterocycles. The van der Waals surface area contributed by atoms with Gasteiger partial charge in [-0.3, -0.25) is 9.69 Å². The molecule has 0 saturated carbocycles. The zero-order chi connectivity index (χ0) is 18.8. The lowest BCUT2D eigenvalue weighted by atomic mass is 9.80. The lowest BCUT2D eigenvalue weighted by Crippen LogP contribution is -2.57. The van der Waals surface area contributed by atoms with Gasteiger partial charge in [0.15, 0.2) is 5.78 Å². The number of Topliss-reactive ketones (excluding diaryl/α,β-unsaturated/α-hetero) is 1. The van der Waals surface area contributed by atoms with Gasteiger partial charge in [0.2, 0.25) is 5.88 Å². The monoisotopic (exact) mass is 366 g/mol. The van der Waals surface area contributed by atoms with Crippen molar-refractivity contribution in [3.63, 3.8) is 0 Å². The van der Waals surface area contributed by atoms with Crippen LogP contribution in [0.5, 0.6) is 5.88 Å². The van der Waals surface area contributed by atoms with Gasteiger partial charge in [0, 0.05) is 41.9 Å². The second-order valence-corrected chi connectivity index (χ2v) is 7.59. The van der Waals surface area contributed by atoms with Crippen molar-refractivity contribution in [3.05, 3.63) is 59.3 Å². The highest BCUT2D eigenvalue weighted by molar-refractivity contribution is 5.98. The van der Waals surface area contributed by atoms with Crippen LogP contribution in [0.2, 0.25) is 0 Å². The molecule has 2 fully saturated rings. The summed E-state index contributed by atoms with van der Waals surface area (Å²) in [6.45, 7) is 4.25. The van der Waals surface area contributed by atoms with E-state index in [2.05, 4.69) is 34.1 Å². The van der Waals surface area contributed by atoms with Crippen LogP contribution in [0.3, 0.4) is 0 Å². The van der Waals surface area contributed by atoms with Crippen LogP contribution in [0.25, 0.3) is 0 Å². The minimum atomic E-state index is 0.0329. The second-order valence-electron chi connectivity index (χ2n) is 7.59. The summed E-state index contributed by atoms with van der Waals surface area (Å²) in [4.78, 5) is 19.9. The van der Waals surface area contributed by atoms with Gasteiger partial charge in [-0.25, -0.2) is 4.98 Å². The number of methoxy groups -OCH3 is 1. The van der Waals surface area contributed by atoms with E-state index in [9.17, 15) is 4.79 Å². The number of carbonyl (C=O) groups is 1. The average Bonchev–Trinajstić information content (AvgIpc) is 2.68.